The maximum atomic E-state index is 5.50. The van der Waals surface area contributed by atoms with Gasteiger partial charge in [-0.15, -0.1) is 5.10 Å². The van der Waals surface area contributed by atoms with Crippen molar-refractivity contribution in [2.24, 2.45) is 39.4 Å². The van der Waals surface area contributed by atoms with Crippen LogP contribution in [0, 0.1) is 17.8 Å². The third kappa shape index (κ3) is 1.96. The number of guanidine groups is 1. The Morgan fingerprint density at radius 3 is 2.29 bits per heavy atom. The van der Waals surface area contributed by atoms with Crippen molar-refractivity contribution in [2.45, 2.75) is 37.5 Å². The van der Waals surface area contributed by atoms with Crippen LogP contribution in [-0.2, 0) is 5.41 Å². The molecule has 0 heterocycles. The fourth-order valence-electron chi connectivity index (χ4n) is 5.22. The number of rotatable bonds is 2. The lowest BCUT2D eigenvalue weighted by molar-refractivity contribution is 0.0871. The number of nitrogens with zero attached hydrogens (tertiary/aromatic N) is 2. The van der Waals surface area contributed by atoms with E-state index in [4.69, 9.17) is 11.5 Å². The summed E-state index contributed by atoms with van der Waals surface area (Å²) in [4.78, 5) is 0. The summed E-state index contributed by atoms with van der Waals surface area (Å²) in [6.07, 6.45) is 6.36. The summed E-state index contributed by atoms with van der Waals surface area (Å²) in [5, 5.41) is 8.53. The van der Waals surface area contributed by atoms with Gasteiger partial charge >= 0.3 is 0 Å². The fourth-order valence-corrected chi connectivity index (χ4v) is 5.22. The van der Waals surface area contributed by atoms with Crippen LogP contribution < -0.4 is 11.5 Å². The SMILES string of the molecule is NC(N)=N/N=C1\C2CC3CC(C2)CC1(c1ccccc1)C3. The zero-order valence-corrected chi connectivity index (χ0v) is 12.2. The van der Waals surface area contributed by atoms with Crippen LogP contribution in [-0.4, -0.2) is 11.7 Å². The Morgan fingerprint density at radius 2 is 1.67 bits per heavy atom. The molecule has 5 rings (SSSR count). The van der Waals surface area contributed by atoms with E-state index in [1.165, 1.54) is 43.4 Å². The molecular weight excluding hydrogens is 260 g/mol. The van der Waals surface area contributed by atoms with Gasteiger partial charge in [-0.25, -0.2) is 0 Å². The van der Waals surface area contributed by atoms with Crippen molar-refractivity contribution in [3.63, 3.8) is 0 Å². The van der Waals surface area contributed by atoms with E-state index in [-0.39, 0.29) is 11.4 Å². The topological polar surface area (TPSA) is 76.8 Å². The van der Waals surface area contributed by atoms with Gasteiger partial charge in [-0.05, 0) is 49.5 Å². The minimum Gasteiger partial charge on any atom is -0.369 e. The molecule has 4 aliphatic rings. The average molecular weight is 282 g/mol. The molecule has 1 aromatic rings. The minimum absolute atomic E-state index is 0.0551. The molecule has 2 atom stereocenters. The molecule has 1 aromatic carbocycles. The van der Waals surface area contributed by atoms with Crippen molar-refractivity contribution in [3.8, 4) is 0 Å². The number of benzene rings is 1. The van der Waals surface area contributed by atoms with Crippen molar-refractivity contribution in [1.82, 2.24) is 0 Å². The van der Waals surface area contributed by atoms with Crippen LogP contribution >= 0.6 is 0 Å². The van der Waals surface area contributed by atoms with Gasteiger partial charge in [-0.3, -0.25) is 0 Å². The van der Waals surface area contributed by atoms with Gasteiger partial charge in [0, 0.05) is 11.3 Å². The summed E-state index contributed by atoms with van der Waals surface area (Å²) in [7, 11) is 0. The van der Waals surface area contributed by atoms with Gasteiger partial charge in [0.1, 0.15) is 0 Å². The first kappa shape index (κ1) is 12.9. The predicted molar refractivity (Wildman–Crippen MR) is 84.9 cm³/mol. The number of hydrogen-bond acceptors (Lipinski definition) is 2. The van der Waals surface area contributed by atoms with Crippen LogP contribution in [0.4, 0.5) is 0 Å². The van der Waals surface area contributed by atoms with E-state index in [1.54, 1.807) is 0 Å². The normalized spacial score (nSPS) is 38.7. The molecule has 0 spiro atoms. The Balaban J connectivity index is 1.84. The lowest BCUT2D eigenvalue weighted by atomic mass is 9.47. The molecule has 4 heteroatoms. The Hall–Kier alpha value is -1.84. The van der Waals surface area contributed by atoms with Crippen molar-refractivity contribution >= 4 is 11.7 Å². The summed E-state index contributed by atoms with van der Waals surface area (Å²) in [5.74, 6) is 2.32. The Morgan fingerprint density at radius 1 is 1.00 bits per heavy atom. The molecule has 4 nitrogen and oxygen atoms in total. The Bertz CT molecular complexity index is 586. The zero-order chi connectivity index (χ0) is 14.4. The molecule has 4 N–H and O–H groups in total. The van der Waals surface area contributed by atoms with Gasteiger partial charge in [0.25, 0.3) is 0 Å². The van der Waals surface area contributed by atoms with Crippen LogP contribution in [0.3, 0.4) is 0 Å². The molecule has 4 saturated carbocycles. The molecule has 0 radical (unpaired) electrons. The second kappa shape index (κ2) is 4.58. The Kier molecular flexibility index (Phi) is 2.81. The third-order valence-corrected chi connectivity index (χ3v) is 5.65. The van der Waals surface area contributed by atoms with Gasteiger partial charge < -0.3 is 11.5 Å². The van der Waals surface area contributed by atoms with E-state index in [0.717, 1.165) is 11.8 Å². The zero-order valence-electron chi connectivity index (χ0n) is 12.2. The van der Waals surface area contributed by atoms with Crippen molar-refractivity contribution in [3.05, 3.63) is 35.9 Å². The van der Waals surface area contributed by atoms with Crippen LogP contribution in [0.2, 0.25) is 0 Å². The highest BCUT2D eigenvalue weighted by Crippen LogP contribution is 2.59. The van der Waals surface area contributed by atoms with Crippen LogP contribution in [0.15, 0.2) is 40.5 Å². The molecule has 0 aliphatic heterocycles. The fraction of sp³-hybridized carbons (Fsp3) is 0.529. The second-order valence-electron chi connectivity index (χ2n) is 7.00. The highest BCUT2D eigenvalue weighted by Gasteiger charge is 2.56. The lowest BCUT2D eigenvalue weighted by Gasteiger charge is -2.57. The summed E-state index contributed by atoms with van der Waals surface area (Å²) in [5.41, 5.74) is 13.7. The minimum atomic E-state index is 0.0551. The summed E-state index contributed by atoms with van der Waals surface area (Å²) < 4.78 is 0. The second-order valence-corrected chi connectivity index (χ2v) is 7.00. The highest BCUT2D eigenvalue weighted by atomic mass is 15.3. The van der Waals surface area contributed by atoms with Crippen molar-refractivity contribution in [1.29, 1.82) is 0 Å². The molecule has 21 heavy (non-hydrogen) atoms. The monoisotopic (exact) mass is 282 g/mol. The van der Waals surface area contributed by atoms with Crippen LogP contribution in [0.5, 0.6) is 0 Å². The maximum Gasteiger partial charge on any atom is 0.211 e. The molecule has 4 bridgehead atoms. The average Bonchev–Trinajstić information content (AvgIpc) is 2.46. The third-order valence-electron chi connectivity index (χ3n) is 5.65. The van der Waals surface area contributed by atoms with Gasteiger partial charge in [0.2, 0.25) is 5.96 Å². The summed E-state index contributed by atoms with van der Waals surface area (Å²) in [6.45, 7) is 0. The van der Waals surface area contributed by atoms with E-state index in [9.17, 15) is 0 Å². The molecular formula is C17H22N4. The van der Waals surface area contributed by atoms with Gasteiger partial charge in [0.15, 0.2) is 0 Å². The Labute approximate surface area is 125 Å². The van der Waals surface area contributed by atoms with E-state index < -0.39 is 0 Å². The van der Waals surface area contributed by atoms with Crippen LogP contribution in [0.25, 0.3) is 0 Å². The lowest BCUT2D eigenvalue weighted by Crippen LogP contribution is -2.55. The van der Waals surface area contributed by atoms with E-state index in [1.807, 2.05) is 0 Å². The molecule has 4 aliphatic carbocycles. The van der Waals surface area contributed by atoms with Crippen molar-refractivity contribution in [2.75, 3.05) is 0 Å². The number of hydrogen-bond donors (Lipinski definition) is 2. The van der Waals surface area contributed by atoms with E-state index in [2.05, 4.69) is 40.5 Å². The molecule has 110 valence electrons. The highest BCUT2D eigenvalue weighted by molar-refractivity contribution is 5.99. The first-order valence-corrected chi connectivity index (χ1v) is 7.90. The van der Waals surface area contributed by atoms with Crippen LogP contribution in [0.1, 0.15) is 37.7 Å². The quantitative estimate of drug-likeness (QED) is 0.496. The number of nitrogens with two attached hydrogens (primary N) is 2. The maximum absolute atomic E-state index is 5.50. The van der Waals surface area contributed by atoms with E-state index in [0.29, 0.717) is 5.92 Å². The van der Waals surface area contributed by atoms with Gasteiger partial charge in [-0.2, -0.15) is 5.10 Å². The molecule has 0 saturated heterocycles. The largest absolute Gasteiger partial charge is 0.369 e. The van der Waals surface area contributed by atoms with Gasteiger partial charge in [-0.1, -0.05) is 30.3 Å². The smallest absolute Gasteiger partial charge is 0.211 e. The summed E-state index contributed by atoms with van der Waals surface area (Å²) in [6, 6.07) is 10.8. The molecule has 0 amide bonds. The first-order chi connectivity index (χ1) is 10.2. The molecule has 4 fully saturated rings. The molecule has 2 unspecified atom stereocenters. The van der Waals surface area contributed by atoms with E-state index >= 15 is 0 Å². The standard InChI is InChI=1S/C17H22N4/c18-16(19)21-20-15-13-7-11-6-12(8-13)10-17(15,9-11)14-4-2-1-3-5-14/h1-5,11-13H,6-10H2,(H4,18,19,21)/b20-15+. The molecule has 0 aromatic heterocycles. The summed E-state index contributed by atoms with van der Waals surface area (Å²) >= 11 is 0. The van der Waals surface area contributed by atoms with Gasteiger partial charge in [0.05, 0.1) is 5.71 Å². The predicted octanol–water partition coefficient (Wildman–Crippen LogP) is 2.39. The first-order valence-electron chi connectivity index (χ1n) is 7.90. The van der Waals surface area contributed by atoms with Crippen molar-refractivity contribution < 1.29 is 0 Å².